The molecule has 1 atom stereocenters. The number of nitrogens with zero attached hydrogens (tertiary/aromatic N) is 2. The molecule has 28 heavy (non-hydrogen) atoms. The van der Waals surface area contributed by atoms with Crippen LogP contribution in [0.25, 0.3) is 11.3 Å². The minimum absolute atomic E-state index is 0.123. The molecular weight excluding hydrogens is 353 g/mol. The van der Waals surface area contributed by atoms with E-state index in [0.717, 1.165) is 55.7 Å². The van der Waals surface area contributed by atoms with Crippen LogP contribution in [0.4, 0.5) is 4.39 Å². The number of rotatable bonds is 6. The zero-order valence-corrected chi connectivity index (χ0v) is 15.9. The topological polar surface area (TPSA) is 52.1 Å². The van der Waals surface area contributed by atoms with Gasteiger partial charge in [-0.05, 0) is 43.5 Å². The van der Waals surface area contributed by atoms with Crippen molar-refractivity contribution in [1.82, 2.24) is 15.1 Å². The number of aromatic nitrogens is 2. The van der Waals surface area contributed by atoms with Crippen molar-refractivity contribution >= 4 is 0 Å². The van der Waals surface area contributed by atoms with Crippen LogP contribution in [0.1, 0.15) is 24.0 Å². The minimum atomic E-state index is -0.252. The molecule has 0 spiro atoms. The maximum atomic E-state index is 13.6. The summed E-state index contributed by atoms with van der Waals surface area (Å²) < 4.78 is 13.6. The Morgan fingerprint density at radius 2 is 2.00 bits per heavy atom. The molecule has 4 nitrogen and oxygen atoms in total. The number of likely N-dealkylation sites (tertiary alicyclic amines) is 1. The van der Waals surface area contributed by atoms with Gasteiger partial charge in [-0.2, -0.15) is 5.10 Å². The number of halogens is 1. The first-order valence-corrected chi connectivity index (χ1v) is 9.83. The molecular formula is C23H26FN3O. The van der Waals surface area contributed by atoms with Crippen LogP contribution >= 0.6 is 0 Å². The Morgan fingerprint density at radius 1 is 1.14 bits per heavy atom. The van der Waals surface area contributed by atoms with Gasteiger partial charge in [-0.15, -0.1) is 0 Å². The molecule has 0 radical (unpaired) electrons. The Kier molecular flexibility index (Phi) is 5.55. The van der Waals surface area contributed by atoms with Crippen LogP contribution in [-0.2, 0) is 13.0 Å². The molecule has 2 aromatic carbocycles. The Hall–Kier alpha value is -2.50. The molecule has 3 aromatic rings. The van der Waals surface area contributed by atoms with E-state index in [0.29, 0.717) is 0 Å². The Bertz CT molecular complexity index is 911. The number of hydrogen-bond acceptors (Lipinski definition) is 3. The molecule has 0 bridgehead atoms. The van der Waals surface area contributed by atoms with E-state index in [-0.39, 0.29) is 17.8 Å². The van der Waals surface area contributed by atoms with E-state index in [1.54, 1.807) is 6.07 Å². The second-order valence-corrected chi connectivity index (χ2v) is 7.92. The standard InChI is InChI=1S/C23H26FN3O/c24-21-9-4-8-19(12-21)22-20(14-25-26-22)15-27-11-5-10-23(16-27,17-28)13-18-6-2-1-3-7-18/h1-4,6-9,12,14,28H,5,10-11,13,15-17H2,(H,25,26). The van der Waals surface area contributed by atoms with Gasteiger partial charge in [-0.3, -0.25) is 10.00 Å². The van der Waals surface area contributed by atoms with E-state index in [1.807, 2.05) is 18.3 Å². The highest BCUT2D eigenvalue weighted by Gasteiger charge is 2.35. The molecule has 1 aliphatic rings. The largest absolute Gasteiger partial charge is 0.396 e. The summed E-state index contributed by atoms with van der Waals surface area (Å²) >= 11 is 0. The third-order valence-electron chi connectivity index (χ3n) is 5.72. The fourth-order valence-electron chi connectivity index (χ4n) is 4.37. The monoisotopic (exact) mass is 379 g/mol. The van der Waals surface area contributed by atoms with Crippen LogP contribution in [-0.4, -0.2) is 39.9 Å². The fourth-order valence-corrected chi connectivity index (χ4v) is 4.37. The zero-order chi connectivity index (χ0) is 19.4. The highest BCUT2D eigenvalue weighted by atomic mass is 19.1. The van der Waals surface area contributed by atoms with Crippen LogP contribution in [0, 0.1) is 11.2 Å². The second kappa shape index (κ2) is 8.25. The zero-order valence-electron chi connectivity index (χ0n) is 15.9. The van der Waals surface area contributed by atoms with Crippen LogP contribution in [0.3, 0.4) is 0 Å². The maximum Gasteiger partial charge on any atom is 0.123 e. The molecule has 2 N–H and O–H groups in total. The number of H-pyrrole nitrogens is 1. The molecule has 0 saturated carbocycles. The van der Waals surface area contributed by atoms with Crippen molar-refractivity contribution in [2.75, 3.05) is 19.7 Å². The lowest BCUT2D eigenvalue weighted by atomic mass is 9.75. The summed E-state index contributed by atoms with van der Waals surface area (Å²) in [5, 5.41) is 17.4. The number of nitrogens with one attached hydrogen (secondary N) is 1. The summed E-state index contributed by atoms with van der Waals surface area (Å²) in [5.41, 5.74) is 3.87. The third kappa shape index (κ3) is 4.16. The summed E-state index contributed by atoms with van der Waals surface area (Å²) in [6, 6.07) is 17.0. The summed E-state index contributed by atoms with van der Waals surface area (Å²) in [5.74, 6) is -0.252. The van der Waals surface area contributed by atoms with Crippen LogP contribution < -0.4 is 0 Å². The average Bonchev–Trinajstić information content (AvgIpc) is 3.17. The number of benzene rings is 2. The number of aromatic amines is 1. The summed E-state index contributed by atoms with van der Waals surface area (Å²) in [7, 11) is 0. The minimum Gasteiger partial charge on any atom is -0.396 e. The second-order valence-electron chi connectivity index (χ2n) is 7.92. The fraction of sp³-hybridized carbons (Fsp3) is 0.348. The molecule has 1 aromatic heterocycles. The van der Waals surface area contributed by atoms with Gasteiger partial charge >= 0.3 is 0 Å². The molecule has 146 valence electrons. The summed E-state index contributed by atoms with van der Waals surface area (Å²) in [6.45, 7) is 2.75. The van der Waals surface area contributed by atoms with Gasteiger partial charge in [0.05, 0.1) is 18.5 Å². The molecule has 1 saturated heterocycles. The number of aliphatic hydroxyl groups excluding tert-OH is 1. The average molecular weight is 379 g/mol. The van der Waals surface area contributed by atoms with Gasteiger partial charge < -0.3 is 5.11 Å². The molecule has 1 unspecified atom stereocenters. The summed E-state index contributed by atoms with van der Waals surface area (Å²) in [4.78, 5) is 2.39. The number of piperidine rings is 1. The van der Waals surface area contributed by atoms with Crippen molar-refractivity contribution in [2.45, 2.75) is 25.8 Å². The normalized spacial score (nSPS) is 20.4. The van der Waals surface area contributed by atoms with Crippen LogP contribution in [0.15, 0.2) is 60.8 Å². The molecule has 1 fully saturated rings. The first-order valence-electron chi connectivity index (χ1n) is 9.83. The van der Waals surface area contributed by atoms with Crippen molar-refractivity contribution in [3.8, 4) is 11.3 Å². The molecule has 2 heterocycles. The molecule has 1 aliphatic heterocycles. The summed E-state index contributed by atoms with van der Waals surface area (Å²) in [6.07, 6.45) is 4.78. The smallest absolute Gasteiger partial charge is 0.123 e. The quantitative estimate of drug-likeness (QED) is 0.680. The number of hydrogen-bond donors (Lipinski definition) is 2. The highest BCUT2D eigenvalue weighted by Crippen LogP contribution is 2.34. The lowest BCUT2D eigenvalue weighted by molar-refractivity contribution is 0.0289. The van der Waals surface area contributed by atoms with Crippen molar-refractivity contribution in [2.24, 2.45) is 5.41 Å². The Morgan fingerprint density at radius 3 is 2.79 bits per heavy atom. The van der Waals surface area contributed by atoms with E-state index >= 15 is 0 Å². The molecule has 0 aliphatic carbocycles. The van der Waals surface area contributed by atoms with Crippen molar-refractivity contribution in [1.29, 1.82) is 0 Å². The molecule has 0 amide bonds. The molecule has 4 rings (SSSR count). The van der Waals surface area contributed by atoms with E-state index in [1.165, 1.54) is 17.7 Å². The SMILES string of the molecule is OCC1(Cc2ccccc2)CCCN(Cc2cn[nH]c2-c2cccc(F)c2)C1. The van der Waals surface area contributed by atoms with E-state index in [4.69, 9.17) is 0 Å². The Labute approximate surface area is 165 Å². The van der Waals surface area contributed by atoms with Crippen molar-refractivity contribution in [3.63, 3.8) is 0 Å². The van der Waals surface area contributed by atoms with Crippen molar-refractivity contribution in [3.05, 3.63) is 77.7 Å². The maximum absolute atomic E-state index is 13.6. The predicted octanol–water partition coefficient (Wildman–Crippen LogP) is 4.03. The van der Waals surface area contributed by atoms with E-state index in [2.05, 4.69) is 39.4 Å². The third-order valence-corrected chi connectivity index (χ3v) is 5.72. The molecule has 5 heteroatoms. The van der Waals surface area contributed by atoms with Gasteiger partial charge in [-0.1, -0.05) is 42.5 Å². The van der Waals surface area contributed by atoms with Crippen molar-refractivity contribution < 1.29 is 9.50 Å². The van der Waals surface area contributed by atoms with Crippen LogP contribution in [0.2, 0.25) is 0 Å². The highest BCUT2D eigenvalue weighted by molar-refractivity contribution is 5.62. The lowest BCUT2D eigenvalue weighted by Crippen LogP contribution is -2.46. The van der Waals surface area contributed by atoms with Gasteiger partial charge in [-0.25, -0.2) is 4.39 Å². The van der Waals surface area contributed by atoms with E-state index < -0.39 is 0 Å². The van der Waals surface area contributed by atoms with Gasteiger partial charge in [0.25, 0.3) is 0 Å². The van der Waals surface area contributed by atoms with E-state index in [9.17, 15) is 9.50 Å². The predicted molar refractivity (Wildman–Crippen MR) is 108 cm³/mol. The van der Waals surface area contributed by atoms with Crippen LogP contribution in [0.5, 0.6) is 0 Å². The van der Waals surface area contributed by atoms with Gasteiger partial charge in [0.15, 0.2) is 0 Å². The van der Waals surface area contributed by atoms with Gasteiger partial charge in [0.2, 0.25) is 0 Å². The van der Waals surface area contributed by atoms with Gasteiger partial charge in [0.1, 0.15) is 5.82 Å². The first kappa shape index (κ1) is 18.8. The Balaban J connectivity index is 1.51. The first-order chi connectivity index (χ1) is 13.7. The van der Waals surface area contributed by atoms with Gasteiger partial charge in [0, 0.05) is 29.6 Å². The lowest BCUT2D eigenvalue weighted by Gasteiger charge is -2.42. The number of aliphatic hydroxyl groups is 1.